The lowest BCUT2D eigenvalue weighted by molar-refractivity contribution is -0.119. The predicted molar refractivity (Wildman–Crippen MR) is 102 cm³/mol. The SMILES string of the molecule is COc1cc(CN2CCCC(C(C)N)C2)cc(Cl)c1OCC(N)=O.Cl. The number of benzene rings is 1. The van der Waals surface area contributed by atoms with Crippen LogP contribution < -0.4 is 20.9 Å². The molecule has 0 bridgehead atoms. The summed E-state index contributed by atoms with van der Waals surface area (Å²) < 4.78 is 10.7. The van der Waals surface area contributed by atoms with Crippen molar-refractivity contribution in [3.63, 3.8) is 0 Å². The maximum atomic E-state index is 10.9. The first-order valence-corrected chi connectivity index (χ1v) is 8.54. The molecule has 1 aromatic rings. The highest BCUT2D eigenvalue weighted by atomic mass is 35.5. The third-order valence-electron chi connectivity index (χ3n) is 4.34. The van der Waals surface area contributed by atoms with E-state index in [9.17, 15) is 4.79 Å². The molecule has 1 aliphatic heterocycles. The molecule has 1 aromatic carbocycles. The summed E-state index contributed by atoms with van der Waals surface area (Å²) in [6.45, 7) is 4.63. The summed E-state index contributed by atoms with van der Waals surface area (Å²) in [6, 6.07) is 3.93. The summed E-state index contributed by atoms with van der Waals surface area (Å²) in [5.74, 6) is 0.801. The minimum absolute atomic E-state index is 0. The van der Waals surface area contributed by atoms with Crippen LogP contribution in [-0.2, 0) is 11.3 Å². The van der Waals surface area contributed by atoms with Gasteiger partial charge < -0.3 is 20.9 Å². The molecule has 2 unspecified atom stereocenters. The van der Waals surface area contributed by atoms with Crippen LogP contribution in [-0.4, -0.2) is 43.7 Å². The number of rotatable bonds is 7. The lowest BCUT2D eigenvalue weighted by atomic mass is 9.92. The Labute approximate surface area is 160 Å². The second-order valence-corrected chi connectivity index (χ2v) is 6.77. The van der Waals surface area contributed by atoms with Gasteiger partial charge in [-0.3, -0.25) is 9.69 Å². The Kier molecular flexibility index (Phi) is 8.79. The second-order valence-electron chi connectivity index (χ2n) is 6.36. The molecule has 4 N–H and O–H groups in total. The largest absolute Gasteiger partial charge is 0.493 e. The molecule has 2 rings (SSSR count). The molecule has 0 aromatic heterocycles. The standard InChI is InChI=1S/C17H26ClN3O3.ClH/c1-11(19)13-4-3-5-21(9-13)8-12-6-14(18)17(15(7-12)23-2)24-10-16(20)22;/h6-7,11,13H,3-5,8-10,19H2,1-2H3,(H2,20,22);1H. The van der Waals surface area contributed by atoms with Crippen molar-refractivity contribution in [1.82, 2.24) is 4.90 Å². The van der Waals surface area contributed by atoms with Gasteiger partial charge in [0.25, 0.3) is 5.91 Å². The number of halogens is 2. The lowest BCUT2D eigenvalue weighted by Crippen LogP contribution is -2.41. The normalized spacial score (nSPS) is 19.0. The molecule has 142 valence electrons. The zero-order valence-electron chi connectivity index (χ0n) is 14.7. The van der Waals surface area contributed by atoms with Crippen molar-refractivity contribution in [1.29, 1.82) is 0 Å². The first-order chi connectivity index (χ1) is 11.4. The van der Waals surface area contributed by atoms with Gasteiger partial charge in [0, 0.05) is 19.1 Å². The molecule has 2 atom stereocenters. The molecule has 1 amide bonds. The van der Waals surface area contributed by atoms with Gasteiger partial charge in [0.15, 0.2) is 18.1 Å². The zero-order chi connectivity index (χ0) is 17.7. The minimum Gasteiger partial charge on any atom is -0.493 e. The number of hydrogen-bond donors (Lipinski definition) is 2. The van der Waals surface area contributed by atoms with Gasteiger partial charge in [-0.15, -0.1) is 12.4 Å². The van der Waals surface area contributed by atoms with Gasteiger partial charge in [0.2, 0.25) is 0 Å². The molecular weight excluding hydrogens is 365 g/mol. The molecule has 0 radical (unpaired) electrons. The first kappa shape index (κ1) is 21.8. The molecule has 1 aliphatic rings. The number of piperidine rings is 1. The molecule has 0 aliphatic carbocycles. The Morgan fingerprint density at radius 1 is 1.48 bits per heavy atom. The summed E-state index contributed by atoms with van der Waals surface area (Å²) in [4.78, 5) is 13.3. The van der Waals surface area contributed by atoms with E-state index in [4.69, 9.17) is 32.5 Å². The van der Waals surface area contributed by atoms with Crippen LogP contribution in [0.2, 0.25) is 5.02 Å². The van der Waals surface area contributed by atoms with Crippen molar-refractivity contribution >= 4 is 29.9 Å². The number of methoxy groups -OCH3 is 1. The Bertz CT molecular complexity index is 585. The quantitative estimate of drug-likeness (QED) is 0.743. The second kappa shape index (κ2) is 10.1. The van der Waals surface area contributed by atoms with Crippen LogP contribution in [0.3, 0.4) is 0 Å². The average molecular weight is 392 g/mol. The van der Waals surface area contributed by atoms with Crippen LogP contribution in [0.25, 0.3) is 0 Å². The van der Waals surface area contributed by atoms with Gasteiger partial charge >= 0.3 is 0 Å². The molecule has 1 heterocycles. The smallest absolute Gasteiger partial charge is 0.255 e. The first-order valence-electron chi connectivity index (χ1n) is 8.16. The van der Waals surface area contributed by atoms with Crippen molar-refractivity contribution < 1.29 is 14.3 Å². The number of ether oxygens (including phenoxy) is 2. The van der Waals surface area contributed by atoms with Crippen LogP contribution in [0.1, 0.15) is 25.3 Å². The lowest BCUT2D eigenvalue weighted by Gasteiger charge is -2.34. The summed E-state index contributed by atoms with van der Waals surface area (Å²) in [6.07, 6.45) is 2.33. The summed E-state index contributed by atoms with van der Waals surface area (Å²) in [5.41, 5.74) is 12.2. The van der Waals surface area contributed by atoms with Gasteiger partial charge in [0.1, 0.15) is 0 Å². The third-order valence-corrected chi connectivity index (χ3v) is 4.62. The molecule has 0 saturated carbocycles. The van der Waals surface area contributed by atoms with Crippen LogP contribution in [0.5, 0.6) is 11.5 Å². The Hall–Kier alpha value is -1.21. The number of primary amides is 1. The molecule has 6 nitrogen and oxygen atoms in total. The molecule has 1 fully saturated rings. The van der Waals surface area contributed by atoms with Gasteiger partial charge in [-0.2, -0.15) is 0 Å². The molecule has 8 heteroatoms. The van der Waals surface area contributed by atoms with E-state index >= 15 is 0 Å². The number of hydrogen-bond acceptors (Lipinski definition) is 5. The maximum absolute atomic E-state index is 10.9. The summed E-state index contributed by atoms with van der Waals surface area (Å²) in [5, 5.41) is 0.409. The number of nitrogens with zero attached hydrogens (tertiary/aromatic N) is 1. The van der Waals surface area contributed by atoms with E-state index in [-0.39, 0.29) is 25.1 Å². The van der Waals surface area contributed by atoms with Gasteiger partial charge in [0.05, 0.1) is 12.1 Å². The van der Waals surface area contributed by atoms with Crippen molar-refractivity contribution in [3.8, 4) is 11.5 Å². The van der Waals surface area contributed by atoms with Gasteiger partial charge in [-0.25, -0.2) is 0 Å². The van der Waals surface area contributed by atoms with Crippen LogP contribution >= 0.6 is 24.0 Å². The highest BCUT2D eigenvalue weighted by Crippen LogP contribution is 2.37. The Balaban J connectivity index is 0.00000312. The monoisotopic (exact) mass is 391 g/mol. The highest BCUT2D eigenvalue weighted by Gasteiger charge is 2.23. The number of amides is 1. The zero-order valence-corrected chi connectivity index (χ0v) is 16.2. The average Bonchev–Trinajstić information content (AvgIpc) is 2.53. The van der Waals surface area contributed by atoms with E-state index in [0.717, 1.165) is 31.6 Å². The fourth-order valence-electron chi connectivity index (χ4n) is 3.07. The van der Waals surface area contributed by atoms with Gasteiger partial charge in [-0.05, 0) is 49.9 Å². The van der Waals surface area contributed by atoms with E-state index in [1.807, 2.05) is 12.1 Å². The van der Waals surface area contributed by atoms with E-state index in [2.05, 4.69) is 11.8 Å². The van der Waals surface area contributed by atoms with Crippen LogP contribution in [0.15, 0.2) is 12.1 Å². The highest BCUT2D eigenvalue weighted by molar-refractivity contribution is 6.32. The topological polar surface area (TPSA) is 90.8 Å². The van der Waals surface area contributed by atoms with Crippen LogP contribution in [0.4, 0.5) is 0 Å². The number of nitrogens with two attached hydrogens (primary N) is 2. The Morgan fingerprint density at radius 3 is 2.80 bits per heavy atom. The van der Waals surface area contributed by atoms with E-state index in [0.29, 0.717) is 22.4 Å². The fraction of sp³-hybridized carbons (Fsp3) is 0.588. The molecule has 25 heavy (non-hydrogen) atoms. The van der Waals surface area contributed by atoms with E-state index in [1.54, 1.807) is 7.11 Å². The van der Waals surface area contributed by atoms with E-state index in [1.165, 1.54) is 6.42 Å². The predicted octanol–water partition coefficient (Wildman–Crippen LogP) is 2.19. The van der Waals surface area contributed by atoms with Crippen LogP contribution in [0, 0.1) is 5.92 Å². The van der Waals surface area contributed by atoms with Crippen molar-refractivity contribution in [2.24, 2.45) is 17.4 Å². The summed E-state index contributed by atoms with van der Waals surface area (Å²) >= 11 is 6.30. The number of carbonyl (C=O) groups excluding carboxylic acids is 1. The van der Waals surface area contributed by atoms with Crippen molar-refractivity contribution in [2.45, 2.75) is 32.4 Å². The molecule has 0 spiro atoms. The van der Waals surface area contributed by atoms with Gasteiger partial charge in [-0.1, -0.05) is 11.6 Å². The number of likely N-dealkylation sites (tertiary alicyclic amines) is 1. The van der Waals surface area contributed by atoms with E-state index < -0.39 is 5.91 Å². The molecular formula is C17H27Cl2N3O3. The maximum Gasteiger partial charge on any atom is 0.255 e. The van der Waals surface area contributed by atoms with Crippen molar-refractivity contribution in [3.05, 3.63) is 22.7 Å². The fourth-order valence-corrected chi connectivity index (χ4v) is 3.36. The Morgan fingerprint density at radius 2 is 2.20 bits per heavy atom. The summed E-state index contributed by atoms with van der Waals surface area (Å²) in [7, 11) is 1.54. The number of carbonyl (C=O) groups is 1. The minimum atomic E-state index is -0.563. The third kappa shape index (κ3) is 6.22. The van der Waals surface area contributed by atoms with Crippen molar-refractivity contribution in [2.75, 3.05) is 26.8 Å². The molecule has 1 saturated heterocycles.